The van der Waals surface area contributed by atoms with E-state index < -0.39 is 54.5 Å². The summed E-state index contributed by atoms with van der Waals surface area (Å²) in [4.78, 5) is 46.7. The molecule has 0 aromatic heterocycles. The Hall–Kier alpha value is -2.98. The first-order chi connectivity index (χ1) is 14.7. The predicted octanol–water partition coefficient (Wildman–Crippen LogP) is 0.859. The van der Waals surface area contributed by atoms with Gasteiger partial charge >= 0.3 is 17.9 Å². The largest absolute Gasteiger partial charge is 0.463 e. The first-order valence-corrected chi connectivity index (χ1v) is 9.73. The van der Waals surface area contributed by atoms with E-state index in [2.05, 4.69) is 5.32 Å². The number of esters is 3. The maximum absolute atomic E-state index is 11.8. The number of benzene rings is 1. The number of carbonyl (C=O) groups excluding carboxylic acids is 4. The average molecular weight is 437 g/mol. The van der Waals surface area contributed by atoms with Gasteiger partial charge in [-0.25, -0.2) is 0 Å². The molecule has 1 aliphatic rings. The smallest absolute Gasteiger partial charge is 0.303 e. The molecule has 1 amide bonds. The summed E-state index contributed by atoms with van der Waals surface area (Å²) < 4.78 is 27.6. The van der Waals surface area contributed by atoms with Crippen LogP contribution in [0.3, 0.4) is 0 Å². The van der Waals surface area contributed by atoms with E-state index >= 15 is 0 Å². The molecule has 170 valence electrons. The zero-order valence-electron chi connectivity index (χ0n) is 17.9. The lowest BCUT2D eigenvalue weighted by Crippen LogP contribution is -2.66. The van der Waals surface area contributed by atoms with Crippen molar-refractivity contribution < 1.29 is 42.9 Å². The van der Waals surface area contributed by atoms with Crippen LogP contribution in [-0.4, -0.2) is 61.1 Å². The zero-order valence-corrected chi connectivity index (χ0v) is 17.9. The van der Waals surface area contributed by atoms with Gasteiger partial charge in [-0.15, -0.1) is 0 Å². The van der Waals surface area contributed by atoms with Crippen molar-refractivity contribution in [2.24, 2.45) is 0 Å². The third-order valence-corrected chi connectivity index (χ3v) is 4.33. The maximum Gasteiger partial charge on any atom is 0.303 e. The quantitative estimate of drug-likeness (QED) is 0.465. The van der Waals surface area contributed by atoms with Crippen molar-refractivity contribution in [3.63, 3.8) is 0 Å². The monoisotopic (exact) mass is 437 g/mol. The second-order valence-corrected chi connectivity index (χ2v) is 7.02. The minimum atomic E-state index is -1.14. The summed E-state index contributed by atoms with van der Waals surface area (Å²) in [6, 6.07) is 8.25. The SMILES string of the molecule is CC(=O)N[C@@H]1[C@H](OCc2ccccc2)O[C@H](COC(C)=O)[C@@H](OC(C)=O)[C@H]1OC(C)=O. The van der Waals surface area contributed by atoms with Gasteiger partial charge in [-0.05, 0) is 5.56 Å². The number of rotatable bonds is 8. The van der Waals surface area contributed by atoms with Gasteiger partial charge in [0.1, 0.15) is 18.8 Å². The zero-order chi connectivity index (χ0) is 23.0. The highest BCUT2D eigenvalue weighted by atomic mass is 16.7. The Morgan fingerprint density at radius 1 is 0.903 bits per heavy atom. The van der Waals surface area contributed by atoms with Gasteiger partial charge in [0.25, 0.3) is 0 Å². The lowest BCUT2D eigenvalue weighted by Gasteiger charge is -2.44. The Kier molecular flexibility index (Phi) is 8.95. The molecule has 2 rings (SSSR count). The Balaban J connectivity index is 2.35. The van der Waals surface area contributed by atoms with E-state index in [1.165, 1.54) is 27.7 Å². The molecule has 0 spiro atoms. The first kappa shape index (κ1) is 24.3. The number of ether oxygens (including phenoxy) is 5. The highest BCUT2D eigenvalue weighted by Gasteiger charge is 2.51. The number of amides is 1. The summed E-state index contributed by atoms with van der Waals surface area (Å²) in [5, 5.41) is 2.65. The third kappa shape index (κ3) is 7.65. The van der Waals surface area contributed by atoms with Gasteiger partial charge in [-0.3, -0.25) is 19.2 Å². The van der Waals surface area contributed by atoms with Crippen molar-refractivity contribution in [1.29, 1.82) is 0 Å². The Morgan fingerprint density at radius 3 is 2.06 bits per heavy atom. The lowest BCUT2D eigenvalue weighted by atomic mass is 9.96. The van der Waals surface area contributed by atoms with Crippen LogP contribution in [0.4, 0.5) is 0 Å². The van der Waals surface area contributed by atoms with E-state index in [4.69, 9.17) is 23.7 Å². The predicted molar refractivity (Wildman–Crippen MR) is 105 cm³/mol. The topological polar surface area (TPSA) is 126 Å². The summed E-state index contributed by atoms with van der Waals surface area (Å²) in [6.45, 7) is 4.72. The lowest BCUT2D eigenvalue weighted by molar-refractivity contribution is -0.280. The molecule has 1 aromatic carbocycles. The minimum absolute atomic E-state index is 0.132. The molecule has 0 aliphatic carbocycles. The van der Waals surface area contributed by atoms with Gasteiger partial charge < -0.3 is 29.0 Å². The molecule has 1 aliphatic heterocycles. The molecule has 1 aromatic rings. The highest BCUT2D eigenvalue weighted by molar-refractivity contribution is 5.73. The van der Waals surface area contributed by atoms with Crippen LogP contribution in [0.5, 0.6) is 0 Å². The van der Waals surface area contributed by atoms with Gasteiger partial charge in [0, 0.05) is 27.7 Å². The number of nitrogens with one attached hydrogen (secondary N) is 1. The van der Waals surface area contributed by atoms with Crippen LogP contribution in [-0.2, 0) is 49.5 Å². The number of carbonyl (C=O) groups is 4. The van der Waals surface area contributed by atoms with Crippen molar-refractivity contribution in [2.75, 3.05) is 6.61 Å². The second kappa shape index (κ2) is 11.4. The minimum Gasteiger partial charge on any atom is -0.463 e. The van der Waals surface area contributed by atoms with Gasteiger partial charge in [-0.2, -0.15) is 0 Å². The van der Waals surface area contributed by atoms with Crippen LogP contribution in [0.25, 0.3) is 0 Å². The van der Waals surface area contributed by atoms with Crippen molar-refractivity contribution >= 4 is 23.8 Å². The highest BCUT2D eigenvalue weighted by Crippen LogP contribution is 2.28. The first-order valence-electron chi connectivity index (χ1n) is 9.73. The fourth-order valence-corrected chi connectivity index (χ4v) is 3.19. The molecule has 0 unspecified atom stereocenters. The summed E-state index contributed by atoms with van der Waals surface area (Å²) in [5.74, 6) is -2.32. The van der Waals surface area contributed by atoms with Crippen LogP contribution >= 0.6 is 0 Å². The van der Waals surface area contributed by atoms with Gasteiger partial charge in [-0.1, -0.05) is 30.3 Å². The van der Waals surface area contributed by atoms with E-state index in [1.807, 2.05) is 30.3 Å². The van der Waals surface area contributed by atoms with E-state index in [0.29, 0.717) is 0 Å². The summed E-state index contributed by atoms with van der Waals surface area (Å²) in [6.07, 6.45) is -4.36. The van der Waals surface area contributed by atoms with Crippen LogP contribution < -0.4 is 5.32 Å². The molecular weight excluding hydrogens is 410 g/mol. The maximum atomic E-state index is 11.8. The second-order valence-electron chi connectivity index (χ2n) is 7.02. The average Bonchev–Trinajstić information content (AvgIpc) is 2.68. The van der Waals surface area contributed by atoms with Crippen molar-refractivity contribution in [2.45, 2.75) is 64.9 Å². The number of hydrogen-bond acceptors (Lipinski definition) is 9. The van der Waals surface area contributed by atoms with E-state index in [1.54, 1.807) is 0 Å². The molecular formula is C21H27NO9. The van der Waals surface area contributed by atoms with E-state index in [0.717, 1.165) is 5.56 Å². The van der Waals surface area contributed by atoms with Gasteiger partial charge in [0.15, 0.2) is 18.5 Å². The van der Waals surface area contributed by atoms with E-state index in [-0.39, 0.29) is 13.2 Å². The fourth-order valence-electron chi connectivity index (χ4n) is 3.19. The van der Waals surface area contributed by atoms with Crippen LogP contribution in [0.2, 0.25) is 0 Å². The van der Waals surface area contributed by atoms with Gasteiger partial charge in [0.2, 0.25) is 5.91 Å². The van der Waals surface area contributed by atoms with Crippen LogP contribution in [0.15, 0.2) is 30.3 Å². The molecule has 1 heterocycles. The Morgan fingerprint density at radius 2 is 1.52 bits per heavy atom. The van der Waals surface area contributed by atoms with Crippen molar-refractivity contribution in [3.05, 3.63) is 35.9 Å². The molecule has 0 saturated carbocycles. The molecule has 1 N–H and O–H groups in total. The summed E-state index contributed by atoms with van der Waals surface area (Å²) in [7, 11) is 0. The Bertz CT molecular complexity index is 782. The van der Waals surface area contributed by atoms with Gasteiger partial charge in [0.05, 0.1) is 6.61 Å². The van der Waals surface area contributed by atoms with E-state index in [9.17, 15) is 19.2 Å². The summed E-state index contributed by atoms with van der Waals surface area (Å²) >= 11 is 0. The normalized spacial score (nSPS) is 25.2. The summed E-state index contributed by atoms with van der Waals surface area (Å²) in [5.41, 5.74) is 0.843. The third-order valence-electron chi connectivity index (χ3n) is 4.33. The molecule has 10 heteroatoms. The standard InChI is InChI=1S/C21H27NO9/c1-12(23)22-18-20(30-15(4)26)19(29-14(3)25)17(11-27-13(2)24)31-21(18)28-10-16-8-6-5-7-9-16/h5-9,17-21H,10-11H2,1-4H3,(H,22,23)/t17-,18+,19-,20+,21-/m1/s1. The molecule has 0 radical (unpaired) electrons. The molecule has 10 nitrogen and oxygen atoms in total. The molecule has 1 fully saturated rings. The fraction of sp³-hybridized carbons (Fsp3) is 0.524. The molecule has 1 saturated heterocycles. The van der Waals surface area contributed by atoms with Crippen molar-refractivity contribution in [1.82, 2.24) is 5.32 Å². The van der Waals surface area contributed by atoms with Crippen LogP contribution in [0.1, 0.15) is 33.3 Å². The molecule has 5 atom stereocenters. The van der Waals surface area contributed by atoms with Crippen molar-refractivity contribution in [3.8, 4) is 0 Å². The Labute approximate surface area is 180 Å². The molecule has 0 bridgehead atoms. The van der Waals surface area contributed by atoms with Crippen LogP contribution in [0, 0.1) is 0 Å². The number of hydrogen-bond donors (Lipinski definition) is 1. The molecule has 31 heavy (non-hydrogen) atoms.